The van der Waals surface area contributed by atoms with Crippen molar-refractivity contribution in [1.82, 2.24) is 10.3 Å². The molecule has 0 bridgehead atoms. The highest BCUT2D eigenvalue weighted by molar-refractivity contribution is 7.09. The van der Waals surface area contributed by atoms with Gasteiger partial charge in [-0.2, -0.15) is 0 Å². The molecule has 0 unspecified atom stereocenters. The van der Waals surface area contributed by atoms with Gasteiger partial charge in [0, 0.05) is 16.9 Å². The van der Waals surface area contributed by atoms with Crippen molar-refractivity contribution < 1.29 is 19.1 Å². The van der Waals surface area contributed by atoms with Crippen molar-refractivity contribution in [1.29, 1.82) is 0 Å². The van der Waals surface area contributed by atoms with E-state index in [0.29, 0.717) is 30.9 Å². The molecule has 38 heavy (non-hydrogen) atoms. The molecule has 1 saturated carbocycles. The van der Waals surface area contributed by atoms with E-state index in [-0.39, 0.29) is 23.8 Å². The average molecular weight is 533 g/mol. The van der Waals surface area contributed by atoms with Crippen molar-refractivity contribution in [3.8, 4) is 5.75 Å². The molecule has 1 fully saturated rings. The van der Waals surface area contributed by atoms with Gasteiger partial charge in [-0.25, -0.2) is 9.78 Å². The summed E-state index contributed by atoms with van der Waals surface area (Å²) in [7, 11) is 0. The third-order valence-electron chi connectivity index (χ3n) is 6.70. The molecule has 0 spiro atoms. The van der Waals surface area contributed by atoms with E-state index >= 15 is 0 Å². The third kappa shape index (κ3) is 8.02. The number of esters is 1. The van der Waals surface area contributed by atoms with E-state index in [1.165, 1.54) is 17.8 Å². The van der Waals surface area contributed by atoms with E-state index in [0.717, 1.165) is 47.6 Å². The minimum Gasteiger partial charge on any atom is -0.489 e. The number of amides is 1. The summed E-state index contributed by atoms with van der Waals surface area (Å²) < 4.78 is 11.0. The number of aromatic nitrogens is 1. The monoisotopic (exact) mass is 532 g/mol. The van der Waals surface area contributed by atoms with Gasteiger partial charge in [-0.15, -0.1) is 11.3 Å². The number of benzene rings is 2. The van der Waals surface area contributed by atoms with Gasteiger partial charge in [0.1, 0.15) is 17.4 Å². The normalized spacial score (nSPS) is 15.1. The molecule has 1 N–H and O–H groups in total. The number of nitrogens with one attached hydrogen (secondary N) is 1. The molecule has 4 rings (SSSR count). The van der Waals surface area contributed by atoms with Gasteiger partial charge in [-0.3, -0.25) is 4.79 Å². The predicted molar refractivity (Wildman–Crippen MR) is 151 cm³/mol. The van der Waals surface area contributed by atoms with Gasteiger partial charge in [0.05, 0.1) is 18.3 Å². The fraction of sp³-hybridized carbons (Fsp3) is 0.387. The molecule has 1 aliphatic rings. The third-order valence-corrected chi connectivity index (χ3v) is 7.68. The summed E-state index contributed by atoms with van der Waals surface area (Å²) in [6, 6.07) is 17.8. The summed E-state index contributed by atoms with van der Waals surface area (Å²) in [5.74, 6) is 0.619. The van der Waals surface area contributed by atoms with Crippen LogP contribution in [0.4, 0.5) is 0 Å². The van der Waals surface area contributed by atoms with Gasteiger partial charge in [0.2, 0.25) is 5.91 Å². The standard InChI is InChI=1S/C31H36N2O4S/c1-3-36-31(35)22(2)18-26-21-38-30(32-26)28(33-29(34)25-12-8-5-9-13-25)19-23-14-16-27(17-15-23)37-20-24-10-6-4-7-11-24/h4,6-7,10-11,14-18,21,25,28H,3,5,8-9,12-13,19-20H2,1-2H3,(H,33,34)/b22-18+/t28-/m0/s1. The summed E-state index contributed by atoms with van der Waals surface area (Å²) >= 11 is 1.49. The van der Waals surface area contributed by atoms with Crippen molar-refractivity contribution in [3.05, 3.63) is 87.4 Å². The van der Waals surface area contributed by atoms with Crippen LogP contribution in [0.3, 0.4) is 0 Å². The SMILES string of the molecule is CCOC(=O)/C(C)=C/c1csc([C@H](Cc2ccc(OCc3ccccc3)cc2)NC(=O)C2CCCCC2)n1. The molecule has 7 heteroatoms. The Morgan fingerprint density at radius 1 is 1.05 bits per heavy atom. The van der Waals surface area contributed by atoms with Crippen LogP contribution in [0.15, 0.2) is 65.6 Å². The molecule has 6 nitrogen and oxygen atoms in total. The van der Waals surface area contributed by atoms with Gasteiger partial charge < -0.3 is 14.8 Å². The maximum Gasteiger partial charge on any atom is 0.333 e. The van der Waals surface area contributed by atoms with Crippen LogP contribution in [0.2, 0.25) is 0 Å². The molecule has 3 aromatic rings. The Bertz CT molecular complexity index is 1210. The quantitative estimate of drug-likeness (QED) is 0.220. The van der Waals surface area contributed by atoms with E-state index in [2.05, 4.69) is 5.32 Å². The van der Waals surface area contributed by atoms with Crippen LogP contribution in [0, 0.1) is 5.92 Å². The van der Waals surface area contributed by atoms with Crippen LogP contribution in [0.25, 0.3) is 6.08 Å². The van der Waals surface area contributed by atoms with Crippen molar-refractivity contribution in [2.24, 2.45) is 5.92 Å². The van der Waals surface area contributed by atoms with Gasteiger partial charge in [-0.05, 0) is 62.4 Å². The Balaban J connectivity index is 1.47. The second-order valence-corrected chi connectivity index (χ2v) is 10.6. The Labute approximate surface area is 229 Å². The summed E-state index contributed by atoms with van der Waals surface area (Å²) in [4.78, 5) is 29.9. The lowest BCUT2D eigenvalue weighted by molar-refractivity contribution is -0.138. The molecule has 0 radical (unpaired) electrons. The minimum absolute atomic E-state index is 0.0606. The first-order valence-electron chi connectivity index (χ1n) is 13.4. The fourth-order valence-electron chi connectivity index (χ4n) is 4.61. The molecule has 1 aliphatic carbocycles. The second-order valence-electron chi connectivity index (χ2n) is 9.68. The fourth-order valence-corrected chi connectivity index (χ4v) is 5.43. The smallest absolute Gasteiger partial charge is 0.333 e. The maximum atomic E-state index is 13.2. The largest absolute Gasteiger partial charge is 0.489 e. The molecule has 0 aliphatic heterocycles. The van der Waals surface area contributed by atoms with E-state index in [9.17, 15) is 9.59 Å². The lowest BCUT2D eigenvalue weighted by Gasteiger charge is -2.24. The Hall–Kier alpha value is -3.45. The lowest BCUT2D eigenvalue weighted by Crippen LogP contribution is -2.35. The first-order valence-corrected chi connectivity index (χ1v) is 14.3. The topological polar surface area (TPSA) is 77.5 Å². The lowest BCUT2D eigenvalue weighted by atomic mass is 9.88. The zero-order chi connectivity index (χ0) is 26.7. The van der Waals surface area contributed by atoms with Crippen molar-refractivity contribution in [2.75, 3.05) is 6.61 Å². The number of carbonyl (C=O) groups is 2. The predicted octanol–water partition coefficient (Wildman–Crippen LogP) is 6.67. The number of ether oxygens (including phenoxy) is 2. The highest BCUT2D eigenvalue weighted by Gasteiger charge is 2.25. The highest BCUT2D eigenvalue weighted by Crippen LogP contribution is 2.28. The Morgan fingerprint density at radius 3 is 2.50 bits per heavy atom. The highest BCUT2D eigenvalue weighted by atomic mass is 32.1. The number of carbonyl (C=O) groups excluding carboxylic acids is 2. The number of thiazole rings is 1. The summed E-state index contributed by atoms with van der Waals surface area (Å²) in [5, 5.41) is 6.02. The summed E-state index contributed by atoms with van der Waals surface area (Å²) in [6.07, 6.45) is 7.64. The number of hydrogen-bond acceptors (Lipinski definition) is 6. The van der Waals surface area contributed by atoms with Crippen molar-refractivity contribution in [3.63, 3.8) is 0 Å². The average Bonchev–Trinajstić information content (AvgIpc) is 3.42. The van der Waals surface area contributed by atoms with Crippen LogP contribution >= 0.6 is 11.3 Å². The molecule has 1 atom stereocenters. The van der Waals surface area contributed by atoms with E-state index in [1.807, 2.05) is 60.0 Å². The van der Waals surface area contributed by atoms with Gasteiger partial charge in [0.15, 0.2) is 0 Å². The molecule has 1 heterocycles. The van der Waals surface area contributed by atoms with Crippen LogP contribution in [0.1, 0.15) is 73.8 Å². The zero-order valence-corrected chi connectivity index (χ0v) is 23.0. The Kier molecular flexibility index (Phi) is 10.1. The first kappa shape index (κ1) is 27.6. The van der Waals surface area contributed by atoms with Crippen LogP contribution < -0.4 is 10.1 Å². The van der Waals surface area contributed by atoms with E-state index in [4.69, 9.17) is 14.5 Å². The molecule has 1 aromatic heterocycles. The Morgan fingerprint density at radius 2 is 1.79 bits per heavy atom. The van der Waals surface area contributed by atoms with Gasteiger partial charge in [0.25, 0.3) is 0 Å². The maximum absolute atomic E-state index is 13.2. The van der Waals surface area contributed by atoms with Crippen LogP contribution in [-0.2, 0) is 27.4 Å². The zero-order valence-electron chi connectivity index (χ0n) is 22.2. The number of hydrogen-bond donors (Lipinski definition) is 1. The molecular formula is C31H36N2O4S. The second kappa shape index (κ2) is 13.9. The molecule has 1 amide bonds. The van der Waals surface area contributed by atoms with E-state index < -0.39 is 0 Å². The summed E-state index contributed by atoms with van der Waals surface area (Å²) in [5.41, 5.74) is 3.39. The van der Waals surface area contributed by atoms with Crippen LogP contribution in [0.5, 0.6) is 5.75 Å². The van der Waals surface area contributed by atoms with Gasteiger partial charge in [-0.1, -0.05) is 61.7 Å². The van der Waals surface area contributed by atoms with Gasteiger partial charge >= 0.3 is 5.97 Å². The summed E-state index contributed by atoms with van der Waals surface area (Å²) in [6.45, 7) is 4.35. The van der Waals surface area contributed by atoms with E-state index in [1.54, 1.807) is 19.9 Å². The number of nitrogens with zero attached hydrogens (tertiary/aromatic N) is 1. The molecule has 2 aromatic carbocycles. The molecule has 200 valence electrons. The minimum atomic E-state index is -0.348. The molecule has 0 saturated heterocycles. The van der Waals surface area contributed by atoms with Crippen molar-refractivity contribution >= 4 is 29.3 Å². The van der Waals surface area contributed by atoms with Crippen molar-refractivity contribution in [2.45, 2.75) is 65.0 Å². The first-order chi connectivity index (χ1) is 18.5. The molecular weight excluding hydrogens is 496 g/mol. The van der Waals surface area contributed by atoms with Crippen LogP contribution in [-0.4, -0.2) is 23.5 Å². The number of rotatable bonds is 11.